The Morgan fingerprint density at radius 1 is 0.375 bits per heavy atom. The van der Waals surface area contributed by atoms with Gasteiger partial charge in [-0.25, -0.2) is 0 Å². The summed E-state index contributed by atoms with van der Waals surface area (Å²) in [5.41, 5.74) is 0. The Morgan fingerprint density at radius 2 is 0.708 bits per heavy atom. The molecular formula is C36H72N4O8. The molecular weight excluding hydrogens is 616 g/mol. The Balaban J connectivity index is 0.000000261. The van der Waals surface area contributed by atoms with E-state index in [9.17, 15) is 20.4 Å². The molecule has 48 heavy (non-hydrogen) atoms. The molecule has 0 spiro atoms. The Kier molecular flexibility index (Phi) is 20.2. The molecule has 4 rings (SSSR count). The fraction of sp³-hybridized carbons (Fsp3) is 1.00. The van der Waals surface area contributed by atoms with E-state index in [1.54, 1.807) is 0 Å². The van der Waals surface area contributed by atoms with Crippen LogP contribution in [0.25, 0.3) is 0 Å². The van der Waals surface area contributed by atoms with Crippen molar-refractivity contribution in [1.29, 1.82) is 0 Å². The van der Waals surface area contributed by atoms with Gasteiger partial charge in [0.1, 0.15) is 0 Å². The monoisotopic (exact) mass is 689 g/mol. The summed E-state index contributed by atoms with van der Waals surface area (Å²) < 4.78 is 0. The van der Waals surface area contributed by atoms with Gasteiger partial charge in [0.2, 0.25) is 0 Å². The van der Waals surface area contributed by atoms with Crippen LogP contribution in [0.4, 0.5) is 0 Å². The summed E-state index contributed by atoms with van der Waals surface area (Å²) in [5, 5.41) is 73.6. The van der Waals surface area contributed by atoms with Crippen molar-refractivity contribution < 1.29 is 40.9 Å². The normalized spacial score (nSPS) is 30.8. The van der Waals surface area contributed by atoms with Gasteiger partial charge in [-0.3, -0.25) is 19.6 Å². The number of fused-ring (bicyclic) bond motifs is 4. The van der Waals surface area contributed by atoms with Crippen LogP contribution in [0.15, 0.2) is 0 Å². The predicted octanol–water partition coefficient (Wildman–Crippen LogP) is -0.920. The minimum absolute atomic E-state index is 0.150. The van der Waals surface area contributed by atoms with Crippen LogP contribution in [-0.4, -0.2) is 192 Å². The van der Waals surface area contributed by atoms with E-state index in [-0.39, 0.29) is 52.9 Å². The SMILES string of the molecule is CCC1C2CC(CC2CN(CCO)CCO)C1CN(CCO)CCO.OCCN(CCO)CC1CC2CC1CC2CN(CCO)CCO. The molecule has 0 aliphatic heterocycles. The Labute approximate surface area is 290 Å². The van der Waals surface area contributed by atoms with Gasteiger partial charge in [0.15, 0.2) is 0 Å². The summed E-state index contributed by atoms with van der Waals surface area (Å²) in [4.78, 5) is 8.79. The van der Waals surface area contributed by atoms with E-state index in [1.165, 1.54) is 38.5 Å². The number of nitrogens with zero attached hydrogens (tertiary/aromatic N) is 4. The lowest BCUT2D eigenvalue weighted by Crippen LogP contribution is -2.42. The summed E-state index contributed by atoms with van der Waals surface area (Å²) >= 11 is 0. The molecule has 4 bridgehead atoms. The topological polar surface area (TPSA) is 175 Å². The second-order valence-electron chi connectivity index (χ2n) is 15.1. The summed E-state index contributed by atoms with van der Waals surface area (Å²) in [6.07, 6.45) is 7.52. The van der Waals surface area contributed by atoms with Crippen LogP contribution >= 0.6 is 0 Å². The zero-order chi connectivity index (χ0) is 34.9. The third-order valence-corrected chi connectivity index (χ3v) is 12.4. The molecule has 4 saturated carbocycles. The van der Waals surface area contributed by atoms with Crippen molar-refractivity contribution >= 4 is 0 Å². The smallest absolute Gasteiger partial charge is 0.0558 e. The van der Waals surface area contributed by atoms with Crippen LogP contribution in [0, 0.1) is 53.3 Å². The van der Waals surface area contributed by atoms with Crippen molar-refractivity contribution in [2.45, 2.75) is 45.4 Å². The predicted molar refractivity (Wildman–Crippen MR) is 187 cm³/mol. The van der Waals surface area contributed by atoms with Crippen LogP contribution in [0.2, 0.25) is 0 Å². The van der Waals surface area contributed by atoms with E-state index in [0.717, 1.165) is 49.9 Å². The lowest BCUT2D eigenvalue weighted by molar-refractivity contribution is 0.0669. The Morgan fingerprint density at radius 3 is 1.04 bits per heavy atom. The second-order valence-corrected chi connectivity index (χ2v) is 15.1. The molecule has 12 nitrogen and oxygen atoms in total. The molecule has 8 N–H and O–H groups in total. The summed E-state index contributed by atoms with van der Waals surface area (Å²) in [6, 6.07) is 0. The van der Waals surface area contributed by atoms with E-state index in [0.29, 0.717) is 81.9 Å². The Hall–Kier alpha value is -0.480. The maximum Gasteiger partial charge on any atom is 0.0558 e. The lowest BCUT2D eigenvalue weighted by Gasteiger charge is -2.39. The van der Waals surface area contributed by atoms with Crippen LogP contribution in [0.3, 0.4) is 0 Å². The number of rotatable bonds is 25. The number of aliphatic hydroxyl groups excluding tert-OH is 8. The first-order valence-corrected chi connectivity index (χ1v) is 19.2. The molecule has 0 aromatic carbocycles. The van der Waals surface area contributed by atoms with Crippen LogP contribution < -0.4 is 0 Å². The van der Waals surface area contributed by atoms with Crippen molar-refractivity contribution in [3.05, 3.63) is 0 Å². The molecule has 284 valence electrons. The van der Waals surface area contributed by atoms with E-state index in [2.05, 4.69) is 26.5 Å². The van der Waals surface area contributed by atoms with Crippen molar-refractivity contribution in [3.8, 4) is 0 Å². The van der Waals surface area contributed by atoms with Gasteiger partial charge in [0.25, 0.3) is 0 Å². The maximum atomic E-state index is 9.26. The van der Waals surface area contributed by atoms with Gasteiger partial charge in [-0.05, 0) is 85.4 Å². The molecule has 9 unspecified atom stereocenters. The van der Waals surface area contributed by atoms with Crippen molar-refractivity contribution in [3.63, 3.8) is 0 Å². The largest absolute Gasteiger partial charge is 0.395 e. The average molecular weight is 689 g/mol. The van der Waals surface area contributed by atoms with Gasteiger partial charge in [-0.1, -0.05) is 13.3 Å². The van der Waals surface area contributed by atoms with E-state index in [1.807, 2.05) is 0 Å². The van der Waals surface area contributed by atoms with Gasteiger partial charge < -0.3 is 40.9 Å². The highest BCUT2D eigenvalue weighted by Crippen LogP contribution is 2.56. The zero-order valence-corrected chi connectivity index (χ0v) is 29.9. The number of hydrogen-bond donors (Lipinski definition) is 8. The molecule has 0 amide bonds. The summed E-state index contributed by atoms with van der Waals surface area (Å²) in [6.45, 7) is 12.7. The third kappa shape index (κ3) is 12.3. The molecule has 4 fully saturated rings. The fourth-order valence-corrected chi connectivity index (χ4v) is 10.4. The Bertz CT molecular complexity index is 779. The zero-order valence-electron chi connectivity index (χ0n) is 29.9. The van der Waals surface area contributed by atoms with Gasteiger partial charge in [-0.2, -0.15) is 0 Å². The molecule has 0 radical (unpaired) electrons. The van der Waals surface area contributed by atoms with Crippen LogP contribution in [0.5, 0.6) is 0 Å². The van der Waals surface area contributed by atoms with Crippen LogP contribution in [0.1, 0.15) is 45.4 Å². The molecule has 9 atom stereocenters. The highest BCUT2D eigenvalue weighted by molar-refractivity contribution is 5.02. The van der Waals surface area contributed by atoms with Gasteiger partial charge in [0, 0.05) is 78.5 Å². The first-order valence-electron chi connectivity index (χ1n) is 19.2. The second kappa shape index (κ2) is 23.2. The van der Waals surface area contributed by atoms with Crippen LogP contribution in [-0.2, 0) is 0 Å². The lowest BCUT2D eigenvalue weighted by atomic mass is 9.72. The molecule has 0 saturated heterocycles. The van der Waals surface area contributed by atoms with Crippen molar-refractivity contribution in [2.75, 3.05) is 131 Å². The fourth-order valence-electron chi connectivity index (χ4n) is 10.4. The minimum Gasteiger partial charge on any atom is -0.395 e. The summed E-state index contributed by atoms with van der Waals surface area (Å²) in [5.74, 6) is 6.45. The van der Waals surface area contributed by atoms with Gasteiger partial charge >= 0.3 is 0 Å². The quantitative estimate of drug-likeness (QED) is 0.0594. The molecule has 0 aromatic rings. The number of hydrogen-bond acceptors (Lipinski definition) is 12. The molecule has 4 aliphatic rings. The van der Waals surface area contributed by atoms with Crippen molar-refractivity contribution in [1.82, 2.24) is 19.6 Å². The highest BCUT2D eigenvalue weighted by Gasteiger charge is 2.52. The molecule has 12 heteroatoms. The van der Waals surface area contributed by atoms with E-state index in [4.69, 9.17) is 20.4 Å². The standard InChI is InChI=1S/C19H38N2O4.C17H34N2O4/c1-2-17-18-12-15(19(17)14-21(5-9-24)6-10-25)11-16(18)13-20(3-7-22)4-8-23;20-5-1-18(2-6-21)12-16-10-15-9-14(16)11-17(15)13-19(3-7-22)4-8-23/h15-19,22-25H,2-14H2,1H3;14-17,20-23H,1-13H2. The van der Waals surface area contributed by atoms with E-state index >= 15 is 0 Å². The number of aliphatic hydroxyl groups is 8. The summed E-state index contributed by atoms with van der Waals surface area (Å²) in [7, 11) is 0. The molecule has 4 aliphatic carbocycles. The minimum atomic E-state index is 0.150. The third-order valence-electron chi connectivity index (χ3n) is 12.4. The van der Waals surface area contributed by atoms with Crippen molar-refractivity contribution in [2.24, 2.45) is 53.3 Å². The maximum absolute atomic E-state index is 9.26. The first kappa shape index (κ1) is 41.9. The average Bonchev–Trinajstić information content (AvgIpc) is 3.83. The van der Waals surface area contributed by atoms with E-state index < -0.39 is 0 Å². The van der Waals surface area contributed by atoms with Gasteiger partial charge in [-0.15, -0.1) is 0 Å². The first-order chi connectivity index (χ1) is 23.4. The molecule has 0 heterocycles. The highest BCUT2D eigenvalue weighted by atomic mass is 16.3. The van der Waals surface area contributed by atoms with Gasteiger partial charge in [0.05, 0.1) is 52.9 Å². The molecule has 0 aromatic heterocycles.